The summed E-state index contributed by atoms with van der Waals surface area (Å²) in [5.74, 6) is -0.283. The van der Waals surface area contributed by atoms with Crippen LogP contribution in [0.4, 0.5) is 34.9 Å². The highest BCUT2D eigenvalue weighted by atomic mass is 19.4. The Bertz CT molecular complexity index is 998. The van der Waals surface area contributed by atoms with Crippen LogP contribution in [0, 0.1) is 5.82 Å². The Morgan fingerprint density at radius 1 is 1.00 bits per heavy atom. The van der Waals surface area contributed by atoms with E-state index >= 15 is 0 Å². The summed E-state index contributed by atoms with van der Waals surface area (Å²) < 4.78 is 59.3. The number of hydrogen-bond donors (Lipinski definition) is 1. The Morgan fingerprint density at radius 2 is 1.79 bits per heavy atom. The van der Waals surface area contributed by atoms with Crippen molar-refractivity contribution >= 4 is 17.3 Å². The first-order valence-corrected chi connectivity index (χ1v) is 8.88. The molecule has 1 N–H and O–H groups in total. The van der Waals surface area contributed by atoms with Crippen molar-refractivity contribution in [3.05, 3.63) is 60.2 Å². The van der Waals surface area contributed by atoms with Crippen LogP contribution in [0.2, 0.25) is 0 Å². The summed E-state index contributed by atoms with van der Waals surface area (Å²) in [7, 11) is 0. The maximum Gasteiger partial charge on any atom is 0.416 e. The minimum Gasteiger partial charge on any atom is -0.378 e. The second-order valence-corrected chi connectivity index (χ2v) is 6.48. The van der Waals surface area contributed by atoms with E-state index in [1.807, 2.05) is 4.90 Å². The number of nitrogens with one attached hydrogen (secondary N) is 1. The van der Waals surface area contributed by atoms with Crippen molar-refractivity contribution in [1.82, 2.24) is 14.8 Å². The lowest BCUT2D eigenvalue weighted by atomic mass is 10.2. The molecule has 1 fully saturated rings. The monoisotopic (exact) mass is 407 g/mol. The molecule has 1 saturated heterocycles. The van der Waals surface area contributed by atoms with E-state index in [1.165, 1.54) is 35.3 Å². The molecule has 152 valence electrons. The fourth-order valence-electron chi connectivity index (χ4n) is 3.05. The Kier molecular flexibility index (Phi) is 5.10. The topological polar surface area (TPSA) is 55.2 Å². The van der Waals surface area contributed by atoms with Gasteiger partial charge in [0.2, 0.25) is 5.95 Å². The maximum absolute atomic E-state index is 14.1. The van der Waals surface area contributed by atoms with Crippen molar-refractivity contribution in [2.75, 3.05) is 36.5 Å². The zero-order valence-electron chi connectivity index (χ0n) is 15.2. The van der Waals surface area contributed by atoms with Crippen molar-refractivity contribution in [2.45, 2.75) is 6.18 Å². The number of benzene rings is 2. The second-order valence-electron chi connectivity index (χ2n) is 6.48. The van der Waals surface area contributed by atoms with Crippen molar-refractivity contribution < 1.29 is 22.3 Å². The van der Waals surface area contributed by atoms with Crippen LogP contribution in [0.1, 0.15) is 5.56 Å². The molecule has 1 aliphatic heterocycles. The average molecular weight is 407 g/mol. The Morgan fingerprint density at radius 3 is 2.55 bits per heavy atom. The highest BCUT2D eigenvalue weighted by Crippen LogP contribution is 2.30. The first kappa shape index (κ1) is 19.2. The predicted molar refractivity (Wildman–Crippen MR) is 99.1 cm³/mol. The first-order chi connectivity index (χ1) is 13.9. The number of halogens is 4. The number of hydrogen-bond acceptors (Lipinski definition) is 5. The van der Waals surface area contributed by atoms with Gasteiger partial charge in [-0.3, -0.25) is 0 Å². The maximum atomic E-state index is 14.1. The molecule has 6 nitrogen and oxygen atoms in total. The zero-order valence-corrected chi connectivity index (χ0v) is 15.2. The molecule has 1 aliphatic rings. The van der Waals surface area contributed by atoms with Gasteiger partial charge in [-0.2, -0.15) is 18.2 Å². The third kappa shape index (κ3) is 4.48. The summed E-state index contributed by atoms with van der Waals surface area (Å²) in [6, 6.07) is 9.26. The Labute approximate surface area is 163 Å². The Hall–Kier alpha value is -3.14. The molecule has 29 heavy (non-hydrogen) atoms. The second kappa shape index (κ2) is 7.70. The van der Waals surface area contributed by atoms with Gasteiger partial charge in [0.15, 0.2) is 0 Å². The van der Waals surface area contributed by atoms with Crippen molar-refractivity contribution in [3.8, 4) is 5.69 Å². The van der Waals surface area contributed by atoms with E-state index in [2.05, 4.69) is 15.4 Å². The van der Waals surface area contributed by atoms with Gasteiger partial charge < -0.3 is 15.0 Å². The molecular formula is C19H17F4N5O. The molecule has 0 radical (unpaired) electrons. The molecule has 0 atom stereocenters. The molecule has 0 saturated carbocycles. The number of alkyl halides is 3. The summed E-state index contributed by atoms with van der Waals surface area (Å²) in [6.07, 6.45) is -3.16. The largest absolute Gasteiger partial charge is 0.416 e. The van der Waals surface area contributed by atoms with Gasteiger partial charge in [-0.05, 0) is 36.4 Å². The van der Waals surface area contributed by atoms with E-state index in [0.29, 0.717) is 37.7 Å². The lowest BCUT2D eigenvalue weighted by Crippen LogP contribution is -2.36. The third-order valence-corrected chi connectivity index (χ3v) is 4.44. The smallest absolute Gasteiger partial charge is 0.378 e. The van der Waals surface area contributed by atoms with Crippen LogP contribution in [-0.4, -0.2) is 41.1 Å². The van der Waals surface area contributed by atoms with Crippen molar-refractivity contribution in [1.29, 1.82) is 0 Å². The van der Waals surface area contributed by atoms with Gasteiger partial charge in [-0.25, -0.2) is 9.07 Å². The van der Waals surface area contributed by atoms with Crippen molar-refractivity contribution in [3.63, 3.8) is 0 Å². The van der Waals surface area contributed by atoms with Gasteiger partial charge in [-0.1, -0.05) is 6.07 Å². The molecule has 0 unspecified atom stereocenters. The van der Waals surface area contributed by atoms with Gasteiger partial charge >= 0.3 is 6.18 Å². The Balaban J connectivity index is 1.54. The molecular weight excluding hydrogens is 390 g/mol. The fourth-order valence-corrected chi connectivity index (χ4v) is 3.05. The summed E-state index contributed by atoms with van der Waals surface area (Å²) in [4.78, 5) is 6.06. The fraction of sp³-hybridized carbons (Fsp3) is 0.263. The lowest BCUT2D eigenvalue weighted by molar-refractivity contribution is -0.137. The van der Waals surface area contributed by atoms with Crippen LogP contribution in [0.15, 0.2) is 48.8 Å². The first-order valence-electron chi connectivity index (χ1n) is 8.88. The molecule has 0 bridgehead atoms. The number of aromatic nitrogens is 3. The molecule has 3 aromatic rings. The van der Waals surface area contributed by atoms with E-state index < -0.39 is 17.6 Å². The van der Waals surface area contributed by atoms with E-state index in [1.54, 1.807) is 6.07 Å². The van der Waals surface area contributed by atoms with Crippen LogP contribution in [-0.2, 0) is 10.9 Å². The predicted octanol–water partition coefficient (Wildman–Crippen LogP) is 4.01. The number of morpholine rings is 1. The van der Waals surface area contributed by atoms with E-state index in [-0.39, 0.29) is 11.6 Å². The molecule has 2 aromatic carbocycles. The average Bonchev–Trinajstić information content (AvgIpc) is 3.16. The molecule has 0 amide bonds. The van der Waals surface area contributed by atoms with Crippen molar-refractivity contribution in [2.24, 2.45) is 0 Å². The number of ether oxygens (including phenoxy) is 1. The highest BCUT2D eigenvalue weighted by molar-refractivity contribution is 5.62. The van der Waals surface area contributed by atoms with Crippen LogP contribution in [0.5, 0.6) is 0 Å². The van der Waals surface area contributed by atoms with Gasteiger partial charge in [0.05, 0.1) is 24.5 Å². The summed E-state index contributed by atoms with van der Waals surface area (Å²) in [5, 5.41) is 7.04. The molecule has 4 rings (SSSR count). The van der Waals surface area contributed by atoms with Gasteiger partial charge in [0.1, 0.15) is 12.1 Å². The summed E-state index contributed by atoms with van der Waals surface area (Å²) in [5.41, 5.74) is 0.579. The minimum atomic E-state index is -4.45. The quantitative estimate of drug-likeness (QED) is 0.663. The normalized spacial score (nSPS) is 14.8. The van der Waals surface area contributed by atoms with Gasteiger partial charge in [0.25, 0.3) is 0 Å². The summed E-state index contributed by atoms with van der Waals surface area (Å²) in [6.45, 7) is 2.46. The van der Waals surface area contributed by atoms with Gasteiger partial charge in [-0.15, -0.1) is 5.10 Å². The molecule has 2 heterocycles. The molecule has 0 spiro atoms. The highest BCUT2D eigenvalue weighted by Gasteiger charge is 2.30. The SMILES string of the molecule is Fc1cc(Nc2ncn(-c3cccc(C(F)(F)F)c3)n2)cc(N2CCOCC2)c1. The van der Waals surface area contributed by atoms with Crippen LogP contribution in [0.25, 0.3) is 5.69 Å². The molecule has 0 aliphatic carbocycles. The lowest BCUT2D eigenvalue weighted by Gasteiger charge is -2.29. The summed E-state index contributed by atoms with van der Waals surface area (Å²) >= 11 is 0. The zero-order chi connectivity index (χ0) is 20.4. The van der Waals surface area contributed by atoms with Crippen LogP contribution >= 0.6 is 0 Å². The third-order valence-electron chi connectivity index (χ3n) is 4.44. The minimum absolute atomic E-state index is 0.140. The molecule has 10 heteroatoms. The number of nitrogens with zero attached hydrogens (tertiary/aromatic N) is 4. The van der Waals surface area contributed by atoms with Gasteiger partial charge in [0, 0.05) is 24.5 Å². The number of anilines is 3. The standard InChI is InChI=1S/C19H17F4N5O/c20-14-9-15(11-17(10-14)27-4-6-29-7-5-27)25-18-24-12-28(26-18)16-3-1-2-13(8-16)19(21,22)23/h1-3,8-12H,4-7H2,(H,25,26). The van der Waals surface area contributed by atoms with E-state index in [4.69, 9.17) is 4.74 Å². The molecule has 1 aromatic heterocycles. The van der Waals surface area contributed by atoms with E-state index in [0.717, 1.165) is 12.1 Å². The van der Waals surface area contributed by atoms with Crippen LogP contribution in [0.3, 0.4) is 0 Å². The van der Waals surface area contributed by atoms with E-state index in [9.17, 15) is 17.6 Å². The van der Waals surface area contributed by atoms with Crippen LogP contribution < -0.4 is 10.2 Å². The number of rotatable bonds is 4.